The summed E-state index contributed by atoms with van der Waals surface area (Å²) in [5, 5.41) is 20.2. The van der Waals surface area contributed by atoms with Crippen LogP contribution in [-0.4, -0.2) is 17.3 Å². The van der Waals surface area contributed by atoms with Crippen molar-refractivity contribution in [1.82, 2.24) is 0 Å². The van der Waals surface area contributed by atoms with Crippen LogP contribution in [-0.2, 0) is 17.9 Å². The number of ether oxygens (including phenoxy) is 1. The molecule has 0 spiro atoms. The van der Waals surface area contributed by atoms with Crippen molar-refractivity contribution in [3.05, 3.63) is 95.1 Å². The van der Waals surface area contributed by atoms with Gasteiger partial charge in [-0.3, -0.25) is 4.79 Å². The van der Waals surface area contributed by atoms with E-state index in [2.05, 4.69) is 17.4 Å². The van der Waals surface area contributed by atoms with Gasteiger partial charge in [0, 0.05) is 24.0 Å². The highest BCUT2D eigenvalue weighted by molar-refractivity contribution is 5.86. The van der Waals surface area contributed by atoms with E-state index < -0.39 is 5.97 Å². The van der Waals surface area contributed by atoms with Crippen LogP contribution in [0.5, 0.6) is 5.75 Å². The monoisotopic (exact) mass is 416 g/mol. The smallest absolute Gasteiger partial charge is 0.303 e. The number of nitrogens with one attached hydrogen (secondary N) is 2. The van der Waals surface area contributed by atoms with E-state index in [1.807, 2.05) is 67.6 Å². The molecule has 0 amide bonds. The molecule has 1 atom stereocenters. The summed E-state index contributed by atoms with van der Waals surface area (Å²) in [5.74, 6) is -0.0369. The van der Waals surface area contributed by atoms with Crippen LogP contribution in [0.1, 0.15) is 47.9 Å². The Balaban J connectivity index is 1.60. The molecule has 3 N–H and O–H groups in total. The molecule has 0 aromatic heterocycles. The van der Waals surface area contributed by atoms with Crippen LogP contribution in [0, 0.1) is 5.41 Å². The maximum atomic E-state index is 11.0. The molecule has 5 nitrogen and oxygen atoms in total. The molecule has 3 aromatic rings. The van der Waals surface area contributed by atoms with Crippen molar-refractivity contribution in [2.24, 2.45) is 0 Å². The Labute approximate surface area is 183 Å². The van der Waals surface area contributed by atoms with Crippen LogP contribution in [0.2, 0.25) is 0 Å². The first-order valence-electron chi connectivity index (χ1n) is 10.4. The van der Waals surface area contributed by atoms with Crippen molar-refractivity contribution in [3.63, 3.8) is 0 Å². The van der Waals surface area contributed by atoms with Gasteiger partial charge in [-0.25, -0.2) is 0 Å². The summed E-state index contributed by atoms with van der Waals surface area (Å²) in [6.45, 7) is 3.09. The highest BCUT2D eigenvalue weighted by atomic mass is 16.5. The van der Waals surface area contributed by atoms with Crippen molar-refractivity contribution in [1.29, 1.82) is 5.41 Å². The second-order valence-electron chi connectivity index (χ2n) is 7.47. The maximum absolute atomic E-state index is 11.0. The molecule has 3 rings (SSSR count). The van der Waals surface area contributed by atoms with E-state index in [4.69, 9.17) is 15.3 Å². The maximum Gasteiger partial charge on any atom is 0.303 e. The lowest BCUT2D eigenvalue weighted by molar-refractivity contribution is -0.137. The second-order valence-corrected chi connectivity index (χ2v) is 7.47. The number of hydrogen-bond donors (Lipinski definition) is 3. The Morgan fingerprint density at radius 3 is 2.45 bits per heavy atom. The highest BCUT2D eigenvalue weighted by Gasteiger charge is 2.13. The molecule has 0 radical (unpaired) electrons. The van der Waals surface area contributed by atoms with Crippen molar-refractivity contribution in [2.45, 2.75) is 38.8 Å². The van der Waals surface area contributed by atoms with Gasteiger partial charge in [-0.2, -0.15) is 0 Å². The van der Waals surface area contributed by atoms with E-state index in [1.54, 1.807) is 0 Å². The summed E-state index contributed by atoms with van der Waals surface area (Å²) in [6.07, 6.45) is 2.26. The van der Waals surface area contributed by atoms with Gasteiger partial charge >= 0.3 is 5.97 Å². The minimum absolute atomic E-state index is 0.0117. The van der Waals surface area contributed by atoms with Gasteiger partial charge in [-0.1, -0.05) is 55.5 Å². The molecule has 1 unspecified atom stereocenters. The molecule has 3 aromatic carbocycles. The molecule has 31 heavy (non-hydrogen) atoms. The summed E-state index contributed by atoms with van der Waals surface area (Å²) in [7, 11) is 0. The van der Waals surface area contributed by atoms with Crippen molar-refractivity contribution >= 4 is 17.9 Å². The van der Waals surface area contributed by atoms with E-state index in [0.29, 0.717) is 13.2 Å². The van der Waals surface area contributed by atoms with Crippen LogP contribution in [0.25, 0.3) is 0 Å². The van der Waals surface area contributed by atoms with Gasteiger partial charge in [0.25, 0.3) is 0 Å². The van der Waals surface area contributed by atoms with Gasteiger partial charge in [0.1, 0.15) is 12.4 Å². The lowest BCUT2D eigenvalue weighted by Gasteiger charge is -2.14. The fourth-order valence-electron chi connectivity index (χ4n) is 3.49. The Hall–Kier alpha value is -3.60. The predicted molar refractivity (Wildman–Crippen MR) is 124 cm³/mol. The number of carboxylic acids is 1. The van der Waals surface area contributed by atoms with Gasteiger partial charge in [0.15, 0.2) is 0 Å². The molecule has 0 heterocycles. The summed E-state index contributed by atoms with van der Waals surface area (Å²) < 4.78 is 5.90. The topological polar surface area (TPSA) is 82.4 Å². The average molecular weight is 417 g/mol. The Kier molecular flexibility index (Phi) is 7.82. The Morgan fingerprint density at radius 2 is 1.81 bits per heavy atom. The molecule has 0 aliphatic heterocycles. The third-order valence-electron chi connectivity index (χ3n) is 5.27. The van der Waals surface area contributed by atoms with E-state index in [1.165, 1.54) is 11.8 Å². The zero-order valence-corrected chi connectivity index (χ0v) is 17.7. The molecule has 0 saturated heterocycles. The summed E-state index contributed by atoms with van der Waals surface area (Å²) in [6, 6.07) is 23.7. The van der Waals surface area contributed by atoms with Crippen molar-refractivity contribution < 1.29 is 14.6 Å². The fraction of sp³-hybridized carbons (Fsp3) is 0.231. The predicted octanol–water partition coefficient (Wildman–Crippen LogP) is 5.84. The third-order valence-corrected chi connectivity index (χ3v) is 5.27. The highest BCUT2D eigenvalue weighted by Crippen LogP contribution is 2.26. The molecule has 0 bridgehead atoms. The van der Waals surface area contributed by atoms with Gasteiger partial charge in [0.05, 0.1) is 6.42 Å². The molecule has 160 valence electrons. The van der Waals surface area contributed by atoms with Crippen LogP contribution in [0.4, 0.5) is 5.69 Å². The standard InChI is InChI=1S/C26H28N2O3/c1-2-21(15-26(29)30)22-9-11-24(12-10-22)31-18-20-8-13-25(23(14-20)16-27)28-17-19-6-4-3-5-7-19/h3-14,16,21,27-28H,2,15,17-18H2,1H3,(H,29,30). The summed E-state index contributed by atoms with van der Waals surface area (Å²) >= 11 is 0. The number of carbonyl (C=O) groups is 1. The zero-order valence-electron chi connectivity index (χ0n) is 17.7. The number of aliphatic carboxylic acids is 1. The number of hydrogen-bond acceptors (Lipinski definition) is 4. The molecular weight excluding hydrogens is 388 g/mol. The van der Waals surface area contributed by atoms with Crippen LogP contribution >= 0.6 is 0 Å². The van der Waals surface area contributed by atoms with Crippen molar-refractivity contribution in [3.8, 4) is 5.75 Å². The lowest BCUT2D eigenvalue weighted by atomic mass is 9.93. The van der Waals surface area contributed by atoms with Gasteiger partial charge < -0.3 is 20.6 Å². The number of carboxylic acid groups (broad SMARTS) is 1. The zero-order chi connectivity index (χ0) is 22.1. The van der Waals surface area contributed by atoms with Crippen LogP contribution < -0.4 is 10.1 Å². The SMILES string of the molecule is CCC(CC(=O)O)c1ccc(OCc2ccc(NCc3ccccc3)c(C=N)c2)cc1. The molecule has 0 saturated carbocycles. The second kappa shape index (κ2) is 11.0. The number of anilines is 1. The van der Waals surface area contributed by atoms with Gasteiger partial charge in [0.2, 0.25) is 0 Å². The molecule has 0 aliphatic carbocycles. The van der Waals surface area contributed by atoms with Crippen LogP contribution in [0.3, 0.4) is 0 Å². The van der Waals surface area contributed by atoms with Crippen LogP contribution in [0.15, 0.2) is 72.8 Å². The fourth-order valence-corrected chi connectivity index (χ4v) is 3.49. The molecule has 5 heteroatoms. The largest absolute Gasteiger partial charge is 0.489 e. The van der Waals surface area contributed by atoms with E-state index >= 15 is 0 Å². The number of benzene rings is 3. The first-order valence-corrected chi connectivity index (χ1v) is 10.4. The minimum Gasteiger partial charge on any atom is -0.489 e. The van der Waals surface area contributed by atoms with Crippen molar-refractivity contribution in [2.75, 3.05) is 5.32 Å². The number of rotatable bonds is 11. The first kappa shape index (κ1) is 22.1. The first-order chi connectivity index (χ1) is 15.1. The van der Waals surface area contributed by atoms with Gasteiger partial charge in [-0.15, -0.1) is 0 Å². The minimum atomic E-state index is -0.782. The Morgan fingerprint density at radius 1 is 1.06 bits per heavy atom. The normalized spacial score (nSPS) is 11.5. The molecule has 0 aliphatic rings. The van der Waals surface area contributed by atoms with E-state index in [-0.39, 0.29) is 12.3 Å². The molecule has 0 fully saturated rings. The van der Waals surface area contributed by atoms with E-state index in [0.717, 1.165) is 34.5 Å². The van der Waals surface area contributed by atoms with E-state index in [9.17, 15) is 4.79 Å². The quantitative estimate of drug-likeness (QED) is 0.343. The lowest BCUT2D eigenvalue weighted by Crippen LogP contribution is -2.05. The Bertz CT molecular complexity index is 1000. The molecular formula is C26H28N2O3. The average Bonchev–Trinajstić information content (AvgIpc) is 2.81. The third kappa shape index (κ3) is 6.44. The summed E-state index contributed by atoms with van der Waals surface area (Å²) in [4.78, 5) is 11.0. The summed E-state index contributed by atoms with van der Waals surface area (Å²) in [5.41, 5.74) is 4.90. The van der Waals surface area contributed by atoms with Gasteiger partial charge in [-0.05, 0) is 53.3 Å².